The van der Waals surface area contributed by atoms with Crippen LogP contribution in [0.2, 0.25) is 0 Å². The Kier molecular flexibility index (Phi) is 9.81. The van der Waals surface area contributed by atoms with E-state index < -0.39 is 0 Å². The van der Waals surface area contributed by atoms with Crippen LogP contribution in [0.1, 0.15) is 36.8 Å². The van der Waals surface area contributed by atoms with Crippen LogP contribution >= 0.6 is 24.0 Å². The van der Waals surface area contributed by atoms with Gasteiger partial charge in [-0.15, -0.1) is 24.0 Å². The molecular weight excluding hydrogens is 455 g/mol. The van der Waals surface area contributed by atoms with Gasteiger partial charge in [0, 0.05) is 46.4 Å². The van der Waals surface area contributed by atoms with Crippen molar-refractivity contribution in [2.75, 3.05) is 33.3 Å². The number of aliphatic hydroxyl groups is 1. The van der Waals surface area contributed by atoms with Crippen LogP contribution in [0.4, 0.5) is 0 Å². The third-order valence-electron chi connectivity index (χ3n) is 5.19. The van der Waals surface area contributed by atoms with E-state index in [4.69, 9.17) is 4.74 Å². The van der Waals surface area contributed by atoms with Crippen LogP contribution < -0.4 is 10.6 Å². The number of aliphatic hydroxyl groups excluding tert-OH is 1. The number of ether oxygens (including phenoxy) is 1. The van der Waals surface area contributed by atoms with Crippen LogP contribution in [-0.4, -0.2) is 61.5 Å². The van der Waals surface area contributed by atoms with Crippen LogP contribution in [0.15, 0.2) is 29.3 Å². The zero-order valence-corrected chi connectivity index (χ0v) is 18.5. The molecule has 7 heteroatoms. The second kappa shape index (κ2) is 11.8. The Morgan fingerprint density at radius 1 is 1.15 bits per heavy atom. The molecule has 3 N–H and O–H groups in total. The monoisotopic (exact) mass is 488 g/mol. The average molecular weight is 488 g/mol. The van der Waals surface area contributed by atoms with E-state index in [1.54, 1.807) is 7.05 Å². The second-order valence-electron chi connectivity index (χ2n) is 7.27. The number of benzene rings is 1. The van der Waals surface area contributed by atoms with Gasteiger partial charge in [0.05, 0.1) is 12.2 Å². The van der Waals surface area contributed by atoms with Crippen molar-refractivity contribution in [3.05, 3.63) is 35.4 Å². The number of likely N-dealkylation sites (tertiary alicyclic amines) is 1. The molecule has 0 aliphatic carbocycles. The van der Waals surface area contributed by atoms with Gasteiger partial charge in [-0.2, -0.15) is 0 Å². The van der Waals surface area contributed by atoms with Crippen LogP contribution in [-0.2, 0) is 17.8 Å². The maximum Gasteiger partial charge on any atom is 0.191 e. The van der Waals surface area contributed by atoms with Gasteiger partial charge >= 0.3 is 0 Å². The number of rotatable bonds is 6. The van der Waals surface area contributed by atoms with Gasteiger partial charge in [-0.05, 0) is 36.8 Å². The Hall–Kier alpha value is -0.900. The molecule has 2 fully saturated rings. The van der Waals surface area contributed by atoms with Crippen LogP contribution in [0.3, 0.4) is 0 Å². The first kappa shape index (κ1) is 22.4. The van der Waals surface area contributed by atoms with Gasteiger partial charge in [-0.25, -0.2) is 0 Å². The first-order valence-corrected chi connectivity index (χ1v) is 9.77. The highest BCUT2D eigenvalue weighted by Gasteiger charge is 2.17. The van der Waals surface area contributed by atoms with Gasteiger partial charge in [0.15, 0.2) is 5.96 Å². The highest BCUT2D eigenvalue weighted by Crippen LogP contribution is 2.14. The standard InChI is InChI=1S/C20H32N4O2.HI/c1-21-20(23-14-19-3-2-12-26-19)22-13-16-4-6-17(7-5-16)15-24-10-8-18(25)9-11-24;/h4-7,18-19,25H,2-3,8-15H2,1H3,(H2,21,22,23);1H. The molecule has 6 nitrogen and oxygen atoms in total. The van der Waals surface area contributed by atoms with Crippen molar-refractivity contribution in [1.29, 1.82) is 0 Å². The summed E-state index contributed by atoms with van der Waals surface area (Å²) < 4.78 is 5.63. The van der Waals surface area contributed by atoms with Crippen molar-refractivity contribution in [1.82, 2.24) is 15.5 Å². The Morgan fingerprint density at radius 3 is 2.48 bits per heavy atom. The molecule has 1 aromatic carbocycles. The Morgan fingerprint density at radius 2 is 1.85 bits per heavy atom. The summed E-state index contributed by atoms with van der Waals surface area (Å²) in [5.41, 5.74) is 2.56. The Balaban J connectivity index is 0.00000261. The maximum atomic E-state index is 9.60. The Bertz CT molecular complexity index is 568. The van der Waals surface area contributed by atoms with Gasteiger partial charge in [0.25, 0.3) is 0 Å². The Labute approximate surface area is 179 Å². The second-order valence-corrected chi connectivity index (χ2v) is 7.27. The lowest BCUT2D eigenvalue weighted by atomic mass is 10.1. The topological polar surface area (TPSA) is 69.1 Å². The number of nitrogens with one attached hydrogen (secondary N) is 2. The largest absolute Gasteiger partial charge is 0.393 e. The summed E-state index contributed by atoms with van der Waals surface area (Å²) in [5.74, 6) is 0.816. The van der Waals surface area contributed by atoms with Crippen LogP contribution in [0, 0.1) is 0 Å². The zero-order valence-electron chi connectivity index (χ0n) is 16.2. The molecular formula is C20H33IN4O2. The van der Waals surface area contributed by atoms with Gasteiger partial charge in [-0.3, -0.25) is 9.89 Å². The van der Waals surface area contributed by atoms with Gasteiger partial charge in [0.2, 0.25) is 0 Å². The quantitative estimate of drug-likeness (QED) is 0.325. The lowest BCUT2D eigenvalue weighted by Gasteiger charge is -2.29. The number of halogens is 1. The van der Waals surface area contributed by atoms with E-state index in [-0.39, 0.29) is 30.1 Å². The molecule has 0 amide bonds. The van der Waals surface area contributed by atoms with E-state index in [0.29, 0.717) is 6.10 Å². The minimum atomic E-state index is -0.108. The first-order valence-electron chi connectivity index (χ1n) is 9.77. The van der Waals surface area contributed by atoms with Crippen molar-refractivity contribution < 1.29 is 9.84 Å². The summed E-state index contributed by atoms with van der Waals surface area (Å²) in [5, 5.41) is 16.3. The number of nitrogens with zero attached hydrogens (tertiary/aromatic N) is 2. The van der Waals surface area contributed by atoms with E-state index in [0.717, 1.165) is 71.0 Å². The lowest BCUT2D eigenvalue weighted by molar-refractivity contribution is 0.0792. The number of piperidine rings is 1. The number of hydrogen-bond acceptors (Lipinski definition) is 4. The molecule has 3 rings (SSSR count). The number of hydrogen-bond donors (Lipinski definition) is 3. The fraction of sp³-hybridized carbons (Fsp3) is 0.650. The normalized spacial score (nSPS) is 21.7. The summed E-state index contributed by atoms with van der Waals surface area (Å²) in [4.78, 5) is 6.69. The fourth-order valence-electron chi connectivity index (χ4n) is 3.52. The van der Waals surface area contributed by atoms with Crippen molar-refractivity contribution in [2.24, 2.45) is 4.99 Å². The fourth-order valence-corrected chi connectivity index (χ4v) is 3.52. The molecule has 2 aliphatic rings. The minimum absolute atomic E-state index is 0. The third-order valence-corrected chi connectivity index (χ3v) is 5.19. The molecule has 0 saturated carbocycles. The van der Waals surface area contributed by atoms with Gasteiger partial charge in [-0.1, -0.05) is 24.3 Å². The molecule has 2 aliphatic heterocycles. The molecule has 1 aromatic rings. The molecule has 0 radical (unpaired) electrons. The van der Waals surface area contributed by atoms with Gasteiger partial charge < -0.3 is 20.5 Å². The summed E-state index contributed by atoms with van der Waals surface area (Å²) in [6, 6.07) is 8.75. The predicted octanol–water partition coefficient (Wildman–Crippen LogP) is 2.11. The molecule has 27 heavy (non-hydrogen) atoms. The van der Waals surface area contributed by atoms with Crippen molar-refractivity contribution in [3.8, 4) is 0 Å². The molecule has 0 bridgehead atoms. The summed E-state index contributed by atoms with van der Waals surface area (Å²) >= 11 is 0. The smallest absolute Gasteiger partial charge is 0.191 e. The maximum absolute atomic E-state index is 9.60. The SMILES string of the molecule is CN=C(NCc1ccc(CN2CCC(O)CC2)cc1)NCC1CCCO1.I. The third kappa shape index (κ3) is 7.56. The molecule has 0 spiro atoms. The van der Waals surface area contributed by atoms with Crippen molar-refractivity contribution >= 4 is 29.9 Å². The van der Waals surface area contributed by atoms with E-state index in [1.165, 1.54) is 11.1 Å². The summed E-state index contributed by atoms with van der Waals surface area (Å²) in [7, 11) is 1.80. The van der Waals surface area contributed by atoms with Crippen molar-refractivity contribution in [3.63, 3.8) is 0 Å². The lowest BCUT2D eigenvalue weighted by Crippen LogP contribution is -2.40. The summed E-state index contributed by atoms with van der Waals surface area (Å²) in [6.45, 7) is 5.37. The average Bonchev–Trinajstić information content (AvgIpc) is 3.18. The highest BCUT2D eigenvalue weighted by atomic mass is 127. The minimum Gasteiger partial charge on any atom is -0.393 e. The van der Waals surface area contributed by atoms with Gasteiger partial charge in [0.1, 0.15) is 0 Å². The molecule has 152 valence electrons. The van der Waals surface area contributed by atoms with E-state index in [9.17, 15) is 5.11 Å². The van der Waals surface area contributed by atoms with E-state index in [2.05, 4.69) is 44.8 Å². The molecule has 1 atom stereocenters. The van der Waals surface area contributed by atoms with E-state index >= 15 is 0 Å². The molecule has 2 saturated heterocycles. The zero-order chi connectivity index (χ0) is 18.2. The number of aliphatic imine (C=N–C) groups is 1. The van der Waals surface area contributed by atoms with E-state index in [1.807, 2.05) is 0 Å². The van der Waals surface area contributed by atoms with Crippen LogP contribution in [0.25, 0.3) is 0 Å². The number of guanidine groups is 1. The molecule has 0 aromatic heterocycles. The van der Waals surface area contributed by atoms with Crippen LogP contribution in [0.5, 0.6) is 0 Å². The highest BCUT2D eigenvalue weighted by molar-refractivity contribution is 14.0. The molecule has 2 heterocycles. The predicted molar refractivity (Wildman–Crippen MR) is 120 cm³/mol. The van der Waals surface area contributed by atoms with Crippen molar-refractivity contribution in [2.45, 2.75) is 51.0 Å². The molecule has 1 unspecified atom stereocenters. The first-order chi connectivity index (χ1) is 12.7. The summed E-state index contributed by atoms with van der Waals surface area (Å²) in [6.07, 6.45) is 4.26.